The lowest BCUT2D eigenvalue weighted by Crippen LogP contribution is -2.30. The summed E-state index contributed by atoms with van der Waals surface area (Å²) < 4.78 is 19.5. The molecule has 6 heteroatoms. The second-order valence-electron chi connectivity index (χ2n) is 8.23. The third-order valence-electron chi connectivity index (χ3n) is 5.19. The predicted octanol–water partition coefficient (Wildman–Crippen LogP) is 5.00. The largest absolute Gasteiger partial charge is 0.507 e. The number of aliphatic hydroxyl groups excluding tert-OH is 1. The predicted molar refractivity (Wildman–Crippen MR) is 117 cm³/mol. The van der Waals surface area contributed by atoms with Gasteiger partial charge in [0.25, 0.3) is 11.7 Å². The van der Waals surface area contributed by atoms with Crippen LogP contribution < -0.4 is 4.74 Å². The van der Waals surface area contributed by atoms with Crippen LogP contribution in [0.4, 0.5) is 4.39 Å². The van der Waals surface area contributed by atoms with Gasteiger partial charge in [0.2, 0.25) is 0 Å². The Labute approximate surface area is 182 Å². The summed E-state index contributed by atoms with van der Waals surface area (Å²) in [4.78, 5) is 27.2. The molecule has 31 heavy (non-hydrogen) atoms. The number of carbonyl (C=O) groups excluding carboxylic acids is 2. The maximum absolute atomic E-state index is 13.7. The smallest absolute Gasteiger partial charge is 0.295 e. The minimum Gasteiger partial charge on any atom is -0.507 e. The fraction of sp³-hybridized carbons (Fsp3) is 0.360. The van der Waals surface area contributed by atoms with Crippen LogP contribution in [0.1, 0.15) is 49.9 Å². The maximum Gasteiger partial charge on any atom is 0.295 e. The van der Waals surface area contributed by atoms with E-state index in [0.29, 0.717) is 47.9 Å². The number of ketones is 1. The lowest BCUT2D eigenvalue weighted by Gasteiger charge is -2.25. The van der Waals surface area contributed by atoms with E-state index in [2.05, 4.69) is 0 Å². The van der Waals surface area contributed by atoms with Crippen LogP contribution in [0.15, 0.2) is 48.0 Å². The number of halogens is 1. The molecule has 164 valence electrons. The Kier molecular flexibility index (Phi) is 6.78. The number of hydrogen-bond acceptors (Lipinski definition) is 4. The Morgan fingerprint density at radius 2 is 1.94 bits per heavy atom. The fourth-order valence-electron chi connectivity index (χ4n) is 3.68. The van der Waals surface area contributed by atoms with Gasteiger partial charge in [0, 0.05) is 12.1 Å². The number of amides is 1. The Hall–Kier alpha value is -3.15. The average molecular weight is 426 g/mol. The number of aliphatic hydroxyl groups is 1. The minimum atomic E-state index is -0.744. The molecule has 3 rings (SSSR count). The van der Waals surface area contributed by atoms with E-state index < -0.39 is 23.5 Å². The molecule has 1 amide bonds. The number of Topliss-reactive ketones (excluding diaryl/α,β-unsaturated/α-hetero) is 1. The fourth-order valence-corrected chi connectivity index (χ4v) is 3.68. The van der Waals surface area contributed by atoms with E-state index in [-0.39, 0.29) is 11.3 Å². The zero-order chi connectivity index (χ0) is 22.7. The van der Waals surface area contributed by atoms with Crippen LogP contribution >= 0.6 is 0 Å². The monoisotopic (exact) mass is 425 g/mol. The molecule has 1 aliphatic rings. The van der Waals surface area contributed by atoms with Gasteiger partial charge >= 0.3 is 0 Å². The lowest BCUT2D eigenvalue weighted by molar-refractivity contribution is -0.139. The molecular formula is C25H28FNO4. The highest BCUT2D eigenvalue weighted by Gasteiger charge is 2.45. The first-order chi connectivity index (χ1) is 14.7. The molecule has 1 fully saturated rings. The first-order valence-electron chi connectivity index (χ1n) is 10.5. The van der Waals surface area contributed by atoms with Crippen molar-refractivity contribution in [3.05, 3.63) is 70.5 Å². The summed E-state index contributed by atoms with van der Waals surface area (Å²) in [7, 11) is 0. The van der Waals surface area contributed by atoms with E-state index in [1.165, 1.54) is 23.1 Å². The molecule has 2 aromatic rings. The number of aryl methyl sites for hydroxylation is 1. The van der Waals surface area contributed by atoms with Gasteiger partial charge in [-0.25, -0.2) is 4.39 Å². The van der Waals surface area contributed by atoms with Crippen molar-refractivity contribution in [3.63, 3.8) is 0 Å². The van der Waals surface area contributed by atoms with Crippen LogP contribution in [-0.2, 0) is 9.59 Å². The van der Waals surface area contributed by atoms with Crippen LogP contribution in [0.5, 0.6) is 5.75 Å². The average Bonchev–Trinajstić information content (AvgIpc) is 2.99. The Balaban J connectivity index is 2.12. The summed E-state index contributed by atoms with van der Waals surface area (Å²) in [6.45, 7) is 8.49. The van der Waals surface area contributed by atoms with Crippen LogP contribution in [0, 0.1) is 18.7 Å². The summed E-state index contributed by atoms with van der Waals surface area (Å²) in [5.41, 5.74) is 1.32. The standard InChI is InChI=1S/C25H28FNO4/c1-5-11-27-22(17-7-6-8-19(13-17)31-14-15(2)3)21(24(29)25(27)30)23(28)18-9-10-20(26)16(4)12-18/h6-10,12-13,15,22,28H,5,11,14H2,1-4H3/b23-21-. The third kappa shape index (κ3) is 4.63. The molecular weight excluding hydrogens is 397 g/mol. The molecule has 1 heterocycles. The second-order valence-corrected chi connectivity index (χ2v) is 8.23. The van der Waals surface area contributed by atoms with E-state index in [1.807, 2.05) is 32.9 Å². The highest BCUT2D eigenvalue weighted by Crippen LogP contribution is 2.40. The Morgan fingerprint density at radius 1 is 1.19 bits per heavy atom. The number of ether oxygens (including phenoxy) is 1. The highest BCUT2D eigenvalue weighted by atomic mass is 19.1. The van der Waals surface area contributed by atoms with Crippen molar-refractivity contribution in [3.8, 4) is 5.75 Å². The topological polar surface area (TPSA) is 66.8 Å². The van der Waals surface area contributed by atoms with Crippen LogP contribution in [-0.4, -0.2) is 34.8 Å². The molecule has 0 aliphatic carbocycles. The van der Waals surface area contributed by atoms with Gasteiger partial charge in [0.1, 0.15) is 17.3 Å². The van der Waals surface area contributed by atoms with Gasteiger partial charge in [-0.3, -0.25) is 9.59 Å². The number of benzene rings is 2. The van der Waals surface area contributed by atoms with Gasteiger partial charge in [-0.1, -0.05) is 32.9 Å². The SMILES string of the molecule is CCCN1C(=O)C(=O)/C(=C(\O)c2ccc(F)c(C)c2)C1c1cccc(OCC(C)C)c1. The molecule has 0 saturated carbocycles. The Bertz CT molecular complexity index is 1030. The van der Waals surface area contributed by atoms with Crippen LogP contribution in [0.2, 0.25) is 0 Å². The molecule has 0 aromatic heterocycles. The van der Waals surface area contributed by atoms with Crippen molar-refractivity contribution in [1.82, 2.24) is 4.90 Å². The van der Waals surface area contributed by atoms with Gasteiger partial charge in [-0.15, -0.1) is 0 Å². The minimum absolute atomic E-state index is 0.00506. The van der Waals surface area contributed by atoms with Crippen molar-refractivity contribution in [1.29, 1.82) is 0 Å². The van der Waals surface area contributed by atoms with E-state index in [9.17, 15) is 19.1 Å². The van der Waals surface area contributed by atoms with Crippen molar-refractivity contribution < 1.29 is 23.8 Å². The number of nitrogens with zero attached hydrogens (tertiary/aromatic N) is 1. The normalized spacial score (nSPS) is 18.1. The molecule has 1 saturated heterocycles. The summed E-state index contributed by atoms with van der Waals surface area (Å²) in [5, 5.41) is 11.0. The van der Waals surface area contributed by atoms with Gasteiger partial charge in [-0.2, -0.15) is 0 Å². The molecule has 0 spiro atoms. The zero-order valence-corrected chi connectivity index (χ0v) is 18.3. The lowest BCUT2D eigenvalue weighted by atomic mass is 9.94. The van der Waals surface area contributed by atoms with E-state index in [1.54, 1.807) is 19.1 Å². The number of likely N-dealkylation sites (tertiary alicyclic amines) is 1. The molecule has 2 aromatic carbocycles. The molecule has 1 N–H and O–H groups in total. The van der Waals surface area contributed by atoms with Gasteiger partial charge in [-0.05, 0) is 60.7 Å². The zero-order valence-electron chi connectivity index (χ0n) is 18.3. The molecule has 0 bridgehead atoms. The van der Waals surface area contributed by atoms with Crippen molar-refractivity contribution in [2.45, 2.75) is 40.2 Å². The quantitative estimate of drug-likeness (QED) is 0.385. The first-order valence-corrected chi connectivity index (χ1v) is 10.5. The molecule has 1 unspecified atom stereocenters. The van der Waals surface area contributed by atoms with Crippen molar-refractivity contribution in [2.75, 3.05) is 13.2 Å². The number of hydrogen-bond donors (Lipinski definition) is 1. The van der Waals surface area contributed by atoms with E-state index >= 15 is 0 Å². The molecule has 1 aliphatic heterocycles. The molecule has 1 atom stereocenters. The molecule has 5 nitrogen and oxygen atoms in total. The van der Waals surface area contributed by atoms with Gasteiger partial charge in [0.05, 0.1) is 18.2 Å². The third-order valence-corrected chi connectivity index (χ3v) is 5.19. The van der Waals surface area contributed by atoms with E-state index in [0.717, 1.165) is 0 Å². The van der Waals surface area contributed by atoms with Gasteiger partial charge < -0.3 is 14.7 Å². The van der Waals surface area contributed by atoms with E-state index in [4.69, 9.17) is 4.74 Å². The summed E-state index contributed by atoms with van der Waals surface area (Å²) >= 11 is 0. The highest BCUT2D eigenvalue weighted by molar-refractivity contribution is 6.46. The first kappa shape index (κ1) is 22.5. The van der Waals surface area contributed by atoms with Crippen LogP contribution in [0.3, 0.4) is 0 Å². The number of carbonyl (C=O) groups is 2. The van der Waals surface area contributed by atoms with Crippen LogP contribution in [0.25, 0.3) is 5.76 Å². The van der Waals surface area contributed by atoms with Crippen molar-refractivity contribution in [2.24, 2.45) is 5.92 Å². The second kappa shape index (κ2) is 9.33. The maximum atomic E-state index is 13.7. The Morgan fingerprint density at radius 3 is 2.58 bits per heavy atom. The summed E-state index contributed by atoms with van der Waals surface area (Å²) in [6, 6.07) is 10.6. The number of rotatable bonds is 7. The van der Waals surface area contributed by atoms with Gasteiger partial charge in [0.15, 0.2) is 0 Å². The summed E-state index contributed by atoms with van der Waals surface area (Å²) in [6.07, 6.45) is 0.656. The summed E-state index contributed by atoms with van der Waals surface area (Å²) in [5.74, 6) is -1.14. The van der Waals surface area contributed by atoms with Crippen molar-refractivity contribution >= 4 is 17.4 Å². The molecule has 0 radical (unpaired) electrons.